The van der Waals surface area contributed by atoms with Crippen LogP contribution in [0.25, 0.3) is 0 Å². The molecule has 4 aliphatic rings. The second-order valence-corrected chi connectivity index (χ2v) is 11.2. The average molecular weight is 375 g/mol. The zero-order valence-electron chi connectivity index (χ0n) is 16.5. The van der Waals surface area contributed by atoms with Gasteiger partial charge in [-0.2, -0.15) is 0 Å². The van der Waals surface area contributed by atoms with Crippen molar-refractivity contribution in [2.75, 3.05) is 0 Å². The Hall–Kier alpha value is -0.770. The number of carbonyl (C=O) groups is 1. The van der Waals surface area contributed by atoms with Gasteiger partial charge in [-0.15, -0.1) is 0 Å². The number of thioether (sulfide) groups is 1. The number of hydrogen-bond donors (Lipinski definition) is 2. The van der Waals surface area contributed by atoms with E-state index in [1.165, 1.54) is 38.5 Å². The van der Waals surface area contributed by atoms with Gasteiger partial charge in [0.15, 0.2) is 5.17 Å². The fourth-order valence-corrected chi connectivity index (χ4v) is 8.43. The van der Waals surface area contributed by atoms with Crippen LogP contribution in [-0.2, 0) is 4.79 Å². The van der Waals surface area contributed by atoms with E-state index >= 15 is 0 Å². The molecule has 3 N–H and O–H groups in total. The molecule has 4 rings (SSSR count). The van der Waals surface area contributed by atoms with Gasteiger partial charge in [-0.1, -0.05) is 37.3 Å². The van der Waals surface area contributed by atoms with Gasteiger partial charge in [-0.3, -0.25) is 10.2 Å². The summed E-state index contributed by atoms with van der Waals surface area (Å²) in [5.41, 5.74) is 7.87. The van der Waals surface area contributed by atoms with Crippen LogP contribution in [0.2, 0.25) is 0 Å². The molecular formula is C22H34N2OS. The molecule has 1 unspecified atom stereocenters. The number of Topliss-reactive ketones (excluding diaryl/α,β-unsaturated/α-hetero) is 1. The maximum Gasteiger partial charge on any atom is 0.151 e. The first-order valence-electron chi connectivity index (χ1n) is 10.5. The second-order valence-electron chi connectivity index (χ2n) is 9.89. The van der Waals surface area contributed by atoms with E-state index in [0.29, 0.717) is 22.4 Å². The summed E-state index contributed by atoms with van der Waals surface area (Å²) < 4.78 is 0. The summed E-state index contributed by atoms with van der Waals surface area (Å²) in [4.78, 5) is 12.2. The van der Waals surface area contributed by atoms with Crippen LogP contribution >= 0.6 is 11.8 Å². The molecule has 3 fully saturated rings. The van der Waals surface area contributed by atoms with E-state index < -0.39 is 0 Å². The van der Waals surface area contributed by atoms with E-state index in [0.717, 1.165) is 30.6 Å². The third-order valence-electron chi connectivity index (χ3n) is 8.84. The number of rotatable bonds is 2. The van der Waals surface area contributed by atoms with Crippen LogP contribution in [-0.4, -0.2) is 16.2 Å². The van der Waals surface area contributed by atoms with Crippen LogP contribution in [0.15, 0.2) is 11.6 Å². The molecule has 7 atom stereocenters. The topological polar surface area (TPSA) is 66.9 Å². The van der Waals surface area contributed by atoms with Crippen molar-refractivity contribution in [3.8, 4) is 0 Å². The molecule has 4 heteroatoms. The van der Waals surface area contributed by atoms with E-state index in [4.69, 9.17) is 11.1 Å². The summed E-state index contributed by atoms with van der Waals surface area (Å²) in [6.45, 7) is 6.76. The fraction of sp³-hybridized carbons (Fsp3) is 0.818. The predicted octanol–water partition coefficient (Wildman–Crippen LogP) is 5.15. The molecule has 0 aliphatic heterocycles. The first-order valence-corrected chi connectivity index (χ1v) is 11.3. The van der Waals surface area contributed by atoms with Crippen LogP contribution in [0.3, 0.4) is 0 Å². The zero-order chi connectivity index (χ0) is 18.7. The van der Waals surface area contributed by atoms with Gasteiger partial charge in [0.05, 0.1) is 0 Å². The maximum atomic E-state index is 12.2. The van der Waals surface area contributed by atoms with Gasteiger partial charge >= 0.3 is 0 Å². The molecule has 0 radical (unpaired) electrons. The van der Waals surface area contributed by atoms with E-state index in [1.54, 1.807) is 17.3 Å². The van der Waals surface area contributed by atoms with Crippen LogP contribution in [0.1, 0.15) is 72.1 Å². The second kappa shape index (κ2) is 6.39. The Morgan fingerprint density at radius 1 is 1.19 bits per heavy atom. The zero-order valence-corrected chi connectivity index (χ0v) is 17.3. The largest absolute Gasteiger partial charge is 0.379 e. The monoisotopic (exact) mass is 374 g/mol. The lowest BCUT2D eigenvalue weighted by molar-refractivity contribution is -0.127. The SMILES string of the molecule is CC(=O)[C@H]1CC[C@H]2[C@@H]3CC=C4CC(SC(=N)N)CC[C@]4(C)[C@H]3CC[C@]12C. The molecule has 3 saturated carbocycles. The van der Waals surface area contributed by atoms with E-state index in [-0.39, 0.29) is 10.6 Å². The van der Waals surface area contributed by atoms with Gasteiger partial charge in [0, 0.05) is 11.2 Å². The van der Waals surface area contributed by atoms with Crippen LogP contribution in [0, 0.1) is 39.9 Å². The predicted molar refractivity (Wildman–Crippen MR) is 109 cm³/mol. The minimum atomic E-state index is 0.246. The molecule has 0 saturated heterocycles. The molecule has 0 heterocycles. The third kappa shape index (κ3) is 2.70. The van der Waals surface area contributed by atoms with Crippen molar-refractivity contribution in [3.05, 3.63) is 11.6 Å². The van der Waals surface area contributed by atoms with Gasteiger partial charge in [0.1, 0.15) is 5.78 Å². The Labute approximate surface area is 162 Å². The van der Waals surface area contributed by atoms with Gasteiger partial charge < -0.3 is 5.73 Å². The summed E-state index contributed by atoms with van der Waals surface area (Å²) in [7, 11) is 0. The number of allylic oxidation sites excluding steroid dienone is 2. The standard InChI is InChI=1S/C22H34N2OS/c1-13(25)17-6-7-18-16-5-4-14-12-15(26-20(23)24)8-10-21(14,2)19(16)9-11-22(17,18)3/h4,15-19H,5-12H2,1-3H3,(H3,23,24)/t15?,16-,17+,18-,19-,21-,22+/m0/s1. The van der Waals surface area contributed by atoms with Gasteiger partial charge in [0.25, 0.3) is 0 Å². The van der Waals surface area contributed by atoms with Crippen LogP contribution in [0.5, 0.6) is 0 Å². The molecule has 4 aliphatic carbocycles. The highest BCUT2D eigenvalue weighted by Gasteiger charge is 2.59. The lowest BCUT2D eigenvalue weighted by Crippen LogP contribution is -2.50. The number of amidine groups is 1. The Bertz CT molecular complexity index is 659. The van der Waals surface area contributed by atoms with E-state index in [2.05, 4.69) is 19.9 Å². The quantitative estimate of drug-likeness (QED) is 0.399. The molecule has 0 spiro atoms. The number of carbonyl (C=O) groups excluding carboxylic acids is 1. The summed E-state index contributed by atoms with van der Waals surface area (Å²) in [5, 5.41) is 8.37. The van der Waals surface area contributed by atoms with Gasteiger partial charge in [-0.05, 0) is 86.9 Å². The first kappa shape index (κ1) is 18.6. The molecule has 0 aromatic carbocycles. The number of nitrogens with one attached hydrogen (secondary N) is 1. The average Bonchev–Trinajstić information content (AvgIpc) is 2.92. The van der Waals surface area contributed by atoms with Crippen molar-refractivity contribution >= 4 is 22.7 Å². The van der Waals surface area contributed by atoms with Crippen molar-refractivity contribution in [1.82, 2.24) is 0 Å². The summed E-state index contributed by atoms with van der Waals surface area (Å²) in [6.07, 6.45) is 12.2. The molecule has 3 nitrogen and oxygen atoms in total. The summed E-state index contributed by atoms with van der Waals surface area (Å²) >= 11 is 1.56. The Morgan fingerprint density at radius 3 is 2.65 bits per heavy atom. The Balaban J connectivity index is 1.59. The first-order chi connectivity index (χ1) is 12.3. The molecule has 0 bridgehead atoms. The van der Waals surface area contributed by atoms with E-state index in [9.17, 15) is 4.79 Å². The Morgan fingerprint density at radius 2 is 1.96 bits per heavy atom. The normalized spacial score (nSPS) is 47.3. The lowest BCUT2D eigenvalue weighted by Gasteiger charge is -2.58. The number of hydrogen-bond acceptors (Lipinski definition) is 3. The van der Waals surface area contributed by atoms with Crippen molar-refractivity contribution in [1.29, 1.82) is 5.41 Å². The molecule has 0 aromatic rings. The fourth-order valence-electron chi connectivity index (χ4n) is 7.58. The lowest BCUT2D eigenvalue weighted by atomic mass is 9.47. The van der Waals surface area contributed by atoms with Crippen LogP contribution in [0.4, 0.5) is 0 Å². The van der Waals surface area contributed by atoms with Gasteiger partial charge in [0.2, 0.25) is 0 Å². The minimum Gasteiger partial charge on any atom is -0.379 e. The number of ketones is 1. The molecule has 26 heavy (non-hydrogen) atoms. The highest BCUT2D eigenvalue weighted by molar-refractivity contribution is 8.14. The molecule has 0 aromatic heterocycles. The Kier molecular flexibility index (Phi) is 4.57. The molecule has 0 amide bonds. The van der Waals surface area contributed by atoms with E-state index in [1.807, 2.05) is 6.92 Å². The maximum absolute atomic E-state index is 12.2. The highest BCUT2D eigenvalue weighted by atomic mass is 32.2. The number of nitrogens with two attached hydrogens (primary N) is 1. The number of fused-ring (bicyclic) bond motifs is 5. The molecule has 144 valence electrons. The van der Waals surface area contributed by atoms with Crippen molar-refractivity contribution in [2.45, 2.75) is 77.4 Å². The third-order valence-corrected chi connectivity index (χ3v) is 9.83. The smallest absolute Gasteiger partial charge is 0.151 e. The van der Waals surface area contributed by atoms with Gasteiger partial charge in [-0.25, -0.2) is 0 Å². The molecular weight excluding hydrogens is 340 g/mol. The van der Waals surface area contributed by atoms with Crippen LogP contribution < -0.4 is 5.73 Å². The van der Waals surface area contributed by atoms with Crippen molar-refractivity contribution < 1.29 is 4.79 Å². The summed E-state index contributed by atoms with van der Waals surface area (Å²) in [5.74, 6) is 3.01. The minimum absolute atomic E-state index is 0.246. The highest BCUT2D eigenvalue weighted by Crippen LogP contribution is 2.66. The van der Waals surface area contributed by atoms with Crippen molar-refractivity contribution in [2.24, 2.45) is 40.2 Å². The van der Waals surface area contributed by atoms with Crippen molar-refractivity contribution in [3.63, 3.8) is 0 Å². The summed E-state index contributed by atoms with van der Waals surface area (Å²) in [6, 6.07) is 0.